The van der Waals surface area contributed by atoms with Gasteiger partial charge < -0.3 is 15.0 Å². The second-order valence-electron chi connectivity index (χ2n) is 8.03. The Hall–Kier alpha value is -2.24. The van der Waals surface area contributed by atoms with Crippen LogP contribution < -0.4 is 10.1 Å². The lowest BCUT2D eigenvalue weighted by Gasteiger charge is -2.27. The van der Waals surface area contributed by atoms with E-state index in [-0.39, 0.29) is 17.9 Å². The van der Waals surface area contributed by atoms with Crippen molar-refractivity contribution in [3.63, 3.8) is 0 Å². The van der Waals surface area contributed by atoms with Gasteiger partial charge in [0.1, 0.15) is 15.9 Å². The lowest BCUT2D eigenvalue weighted by molar-refractivity contribution is -0.135. The second kappa shape index (κ2) is 7.22. The van der Waals surface area contributed by atoms with Gasteiger partial charge in [0.2, 0.25) is 0 Å². The van der Waals surface area contributed by atoms with Crippen molar-refractivity contribution in [2.45, 2.75) is 49.1 Å². The van der Waals surface area contributed by atoms with Crippen LogP contribution in [0.15, 0.2) is 48.5 Å². The molecule has 2 atom stereocenters. The molecule has 29 heavy (non-hydrogen) atoms. The minimum Gasteiger partial charge on any atom is -0.478 e. The number of rotatable bonds is 6. The van der Waals surface area contributed by atoms with Crippen LogP contribution in [-0.2, 0) is 4.79 Å². The molecule has 1 heterocycles. The third-order valence-electron chi connectivity index (χ3n) is 5.19. The number of carbonyl (C=O) groups excluding carboxylic acids is 1. The summed E-state index contributed by atoms with van der Waals surface area (Å²) in [5.41, 5.74) is 1.83. The van der Waals surface area contributed by atoms with Crippen molar-refractivity contribution in [2.75, 3.05) is 0 Å². The number of aromatic nitrogens is 2. The van der Waals surface area contributed by atoms with Crippen LogP contribution in [0.2, 0.25) is 0 Å². The van der Waals surface area contributed by atoms with Gasteiger partial charge in [-0.05, 0) is 57.0 Å². The topological polar surface area (TPSA) is 67.0 Å². The molecule has 1 aliphatic carbocycles. The number of amides is 1. The number of benzene rings is 2. The molecular formula is C22H23Cl2N3O2. The van der Waals surface area contributed by atoms with E-state index in [4.69, 9.17) is 27.9 Å². The Bertz CT molecular complexity index is 1010. The van der Waals surface area contributed by atoms with Crippen LogP contribution in [0.5, 0.6) is 5.75 Å². The van der Waals surface area contributed by atoms with Gasteiger partial charge in [-0.15, -0.1) is 23.2 Å². The van der Waals surface area contributed by atoms with Crippen molar-refractivity contribution in [3.8, 4) is 5.75 Å². The average molecular weight is 432 g/mol. The van der Waals surface area contributed by atoms with Crippen molar-refractivity contribution < 1.29 is 9.53 Å². The highest BCUT2D eigenvalue weighted by Gasteiger charge is 2.52. The molecule has 0 saturated heterocycles. The Morgan fingerprint density at radius 1 is 1.24 bits per heavy atom. The Morgan fingerprint density at radius 3 is 2.52 bits per heavy atom. The summed E-state index contributed by atoms with van der Waals surface area (Å²) < 4.78 is 5.30. The number of hydrogen-bond donors (Lipinski definition) is 2. The summed E-state index contributed by atoms with van der Waals surface area (Å²) in [5, 5.41) is 2.98. The summed E-state index contributed by atoms with van der Waals surface area (Å²) >= 11 is 12.3. The van der Waals surface area contributed by atoms with Crippen LogP contribution in [-0.4, -0.2) is 25.8 Å². The SMILES string of the molecule is C[C@H](NC(=O)C(C)(C)Oc1ccc([C@H]2CC2(Cl)Cl)cc1)c1nc2ccccc2[nH]1. The van der Waals surface area contributed by atoms with E-state index in [9.17, 15) is 4.79 Å². The maximum Gasteiger partial charge on any atom is 0.264 e. The number of hydrogen-bond acceptors (Lipinski definition) is 3. The van der Waals surface area contributed by atoms with Crippen LogP contribution in [0, 0.1) is 0 Å². The average Bonchev–Trinajstić information content (AvgIpc) is 3.11. The van der Waals surface area contributed by atoms with Crippen molar-refractivity contribution in [3.05, 3.63) is 59.9 Å². The third-order valence-corrected chi connectivity index (χ3v) is 6.03. The number of fused-ring (bicyclic) bond motifs is 1. The number of imidazole rings is 1. The number of carbonyl (C=O) groups is 1. The molecule has 0 aliphatic heterocycles. The Balaban J connectivity index is 1.40. The zero-order chi connectivity index (χ0) is 20.8. The van der Waals surface area contributed by atoms with E-state index in [0.29, 0.717) is 11.6 Å². The summed E-state index contributed by atoms with van der Waals surface area (Å²) in [6.45, 7) is 5.37. The van der Waals surface area contributed by atoms with E-state index in [1.165, 1.54) is 0 Å². The van der Waals surface area contributed by atoms with Crippen LogP contribution in [0.1, 0.15) is 50.5 Å². The van der Waals surface area contributed by atoms with Gasteiger partial charge in [-0.1, -0.05) is 24.3 Å². The fourth-order valence-corrected chi connectivity index (χ4v) is 3.86. The molecule has 0 radical (unpaired) electrons. The minimum absolute atomic E-state index is 0.154. The predicted molar refractivity (Wildman–Crippen MR) is 116 cm³/mol. The normalized spacial score (nSPS) is 19.0. The van der Waals surface area contributed by atoms with Gasteiger partial charge in [0.25, 0.3) is 5.91 Å². The Kier molecular flexibility index (Phi) is 4.99. The van der Waals surface area contributed by atoms with Gasteiger partial charge in [-0.3, -0.25) is 4.79 Å². The molecule has 5 nitrogen and oxygen atoms in total. The fraction of sp³-hybridized carbons (Fsp3) is 0.364. The lowest BCUT2D eigenvalue weighted by atomic mass is 10.1. The number of ether oxygens (including phenoxy) is 1. The van der Waals surface area contributed by atoms with Crippen molar-refractivity contribution in [1.82, 2.24) is 15.3 Å². The first-order chi connectivity index (χ1) is 13.7. The molecule has 152 valence electrons. The summed E-state index contributed by atoms with van der Waals surface area (Å²) in [7, 11) is 0. The number of nitrogens with one attached hydrogen (secondary N) is 2. The monoisotopic (exact) mass is 431 g/mol. The molecular weight excluding hydrogens is 409 g/mol. The number of aromatic amines is 1. The van der Waals surface area contributed by atoms with Crippen LogP contribution in [0.4, 0.5) is 0 Å². The number of para-hydroxylation sites is 2. The van der Waals surface area contributed by atoms with Gasteiger partial charge >= 0.3 is 0 Å². The molecule has 4 rings (SSSR count). The van der Waals surface area contributed by atoms with Gasteiger partial charge in [0.15, 0.2) is 5.60 Å². The van der Waals surface area contributed by atoms with Crippen molar-refractivity contribution in [2.24, 2.45) is 0 Å². The first-order valence-corrected chi connectivity index (χ1v) is 10.3. The number of alkyl halides is 2. The number of nitrogens with zero attached hydrogens (tertiary/aromatic N) is 1. The second-order valence-corrected chi connectivity index (χ2v) is 9.58. The molecule has 1 saturated carbocycles. The van der Waals surface area contributed by atoms with E-state index in [2.05, 4.69) is 15.3 Å². The maximum atomic E-state index is 12.8. The van der Waals surface area contributed by atoms with E-state index in [1.54, 1.807) is 13.8 Å². The summed E-state index contributed by atoms with van der Waals surface area (Å²) in [6, 6.07) is 15.1. The number of H-pyrrole nitrogens is 1. The quantitative estimate of drug-likeness (QED) is 0.523. The summed E-state index contributed by atoms with van der Waals surface area (Å²) in [4.78, 5) is 20.6. The molecule has 7 heteroatoms. The van der Waals surface area contributed by atoms with E-state index >= 15 is 0 Å². The minimum atomic E-state index is -1.05. The van der Waals surface area contributed by atoms with Crippen LogP contribution in [0.3, 0.4) is 0 Å². The Morgan fingerprint density at radius 2 is 1.90 bits per heavy atom. The molecule has 3 aromatic rings. The lowest BCUT2D eigenvalue weighted by Crippen LogP contribution is -2.47. The van der Waals surface area contributed by atoms with Gasteiger partial charge in [-0.2, -0.15) is 0 Å². The molecule has 1 fully saturated rings. The van der Waals surface area contributed by atoms with E-state index in [1.807, 2.05) is 55.5 Å². The van der Waals surface area contributed by atoms with Crippen molar-refractivity contribution in [1.29, 1.82) is 0 Å². The maximum absolute atomic E-state index is 12.8. The predicted octanol–water partition coefficient (Wildman–Crippen LogP) is 5.26. The summed E-state index contributed by atoms with van der Waals surface area (Å²) in [5.74, 6) is 1.24. The molecule has 0 spiro atoms. The van der Waals surface area contributed by atoms with Crippen molar-refractivity contribution >= 4 is 40.1 Å². The highest BCUT2D eigenvalue weighted by molar-refractivity contribution is 6.51. The first-order valence-electron chi connectivity index (χ1n) is 9.58. The number of halogens is 2. The standard InChI is InChI=1S/C22H23Cl2N3O2/c1-13(19-26-17-6-4-5-7-18(17)27-19)25-20(28)21(2,3)29-15-10-8-14(9-11-15)16-12-22(16,23)24/h4-11,13,16H,12H2,1-3H3,(H,25,28)(H,26,27)/t13-,16+/m0/s1. The van der Waals surface area contributed by atoms with E-state index < -0.39 is 9.93 Å². The van der Waals surface area contributed by atoms with Gasteiger partial charge in [0.05, 0.1) is 17.1 Å². The van der Waals surface area contributed by atoms with Gasteiger partial charge in [0, 0.05) is 5.92 Å². The largest absolute Gasteiger partial charge is 0.478 e. The summed E-state index contributed by atoms with van der Waals surface area (Å²) in [6.07, 6.45) is 0.754. The highest BCUT2D eigenvalue weighted by atomic mass is 35.5. The highest BCUT2D eigenvalue weighted by Crippen LogP contribution is 2.59. The fourth-order valence-electron chi connectivity index (χ4n) is 3.30. The molecule has 1 amide bonds. The third kappa shape index (κ3) is 4.21. The zero-order valence-electron chi connectivity index (χ0n) is 16.5. The van der Waals surface area contributed by atoms with Crippen LogP contribution >= 0.6 is 23.2 Å². The molecule has 0 unspecified atom stereocenters. The smallest absolute Gasteiger partial charge is 0.264 e. The van der Waals surface area contributed by atoms with E-state index in [0.717, 1.165) is 23.0 Å². The molecule has 2 aromatic carbocycles. The van der Waals surface area contributed by atoms with Gasteiger partial charge in [-0.25, -0.2) is 4.98 Å². The van der Waals surface area contributed by atoms with Crippen LogP contribution in [0.25, 0.3) is 11.0 Å². The first kappa shape index (κ1) is 20.0. The molecule has 0 bridgehead atoms. The molecule has 2 N–H and O–H groups in total. The Labute approximate surface area is 179 Å². The zero-order valence-corrected chi connectivity index (χ0v) is 18.0. The molecule has 1 aromatic heterocycles. The molecule has 1 aliphatic rings.